The summed E-state index contributed by atoms with van der Waals surface area (Å²) in [5.74, 6) is 0.0352. The van der Waals surface area contributed by atoms with E-state index in [9.17, 15) is 9.90 Å². The van der Waals surface area contributed by atoms with Crippen molar-refractivity contribution in [2.45, 2.75) is 46.1 Å². The molecule has 0 radical (unpaired) electrons. The fourth-order valence-electron chi connectivity index (χ4n) is 3.51. The van der Waals surface area contributed by atoms with Crippen molar-refractivity contribution >= 4 is 11.0 Å². The van der Waals surface area contributed by atoms with Crippen LogP contribution in [0.3, 0.4) is 0 Å². The van der Waals surface area contributed by atoms with Gasteiger partial charge in [0.1, 0.15) is 12.1 Å². The molecule has 0 atom stereocenters. The van der Waals surface area contributed by atoms with E-state index in [1.54, 1.807) is 6.92 Å². The van der Waals surface area contributed by atoms with Crippen LogP contribution < -0.4 is 15.6 Å². The molecule has 4 heteroatoms. The molecule has 3 rings (SSSR count). The van der Waals surface area contributed by atoms with Crippen LogP contribution in [-0.4, -0.2) is 13.1 Å². The van der Waals surface area contributed by atoms with Gasteiger partial charge < -0.3 is 14.4 Å². The summed E-state index contributed by atoms with van der Waals surface area (Å²) in [6.45, 7) is 6.80. The molecule has 2 heterocycles. The lowest BCUT2D eigenvalue weighted by molar-refractivity contribution is -0.913. The van der Waals surface area contributed by atoms with Crippen molar-refractivity contribution in [1.82, 2.24) is 0 Å². The molecule has 4 nitrogen and oxygen atoms in total. The molecule has 1 fully saturated rings. The maximum Gasteiger partial charge on any atom is 0.336 e. The highest BCUT2D eigenvalue weighted by Crippen LogP contribution is 2.30. The SMILES string of the molecule is Cc1cc2oc(=O)cc(C)c2c([O-])c1C[NH+]1CCCCCC1. The molecule has 118 valence electrons. The predicted octanol–water partition coefficient (Wildman–Crippen LogP) is 1.44. The summed E-state index contributed by atoms with van der Waals surface area (Å²) >= 11 is 0. The van der Waals surface area contributed by atoms with Gasteiger partial charge in [-0.2, -0.15) is 0 Å². The highest BCUT2D eigenvalue weighted by atomic mass is 16.4. The van der Waals surface area contributed by atoms with E-state index in [1.165, 1.54) is 36.6 Å². The van der Waals surface area contributed by atoms with Crippen LogP contribution in [0.5, 0.6) is 5.75 Å². The molecule has 1 N–H and O–H groups in total. The third-order valence-electron chi connectivity index (χ3n) is 4.75. The van der Waals surface area contributed by atoms with Crippen LogP contribution in [0.25, 0.3) is 11.0 Å². The van der Waals surface area contributed by atoms with E-state index >= 15 is 0 Å². The van der Waals surface area contributed by atoms with Crippen molar-refractivity contribution in [3.8, 4) is 5.75 Å². The molecule has 1 aromatic heterocycles. The molecule has 0 amide bonds. The second-order valence-electron chi connectivity index (χ2n) is 6.46. The summed E-state index contributed by atoms with van der Waals surface area (Å²) in [7, 11) is 0. The maximum atomic E-state index is 12.9. The molecule has 0 unspecified atom stereocenters. The Morgan fingerprint density at radius 1 is 1.09 bits per heavy atom. The van der Waals surface area contributed by atoms with Crippen LogP contribution in [0.15, 0.2) is 21.3 Å². The molecule has 0 spiro atoms. The Morgan fingerprint density at radius 2 is 1.77 bits per heavy atom. The first-order chi connectivity index (χ1) is 10.6. The van der Waals surface area contributed by atoms with Crippen LogP contribution in [0.2, 0.25) is 0 Å². The Kier molecular flexibility index (Phi) is 4.21. The highest BCUT2D eigenvalue weighted by Gasteiger charge is 2.16. The molecule has 1 aliphatic rings. The van der Waals surface area contributed by atoms with Gasteiger partial charge in [0, 0.05) is 17.0 Å². The number of quaternary nitrogens is 1. The number of hydrogen-bond acceptors (Lipinski definition) is 3. The van der Waals surface area contributed by atoms with E-state index in [0.717, 1.165) is 30.8 Å². The fourth-order valence-corrected chi connectivity index (χ4v) is 3.51. The smallest absolute Gasteiger partial charge is 0.336 e. The highest BCUT2D eigenvalue weighted by molar-refractivity contribution is 5.88. The van der Waals surface area contributed by atoms with Gasteiger partial charge in [0.25, 0.3) is 0 Å². The molecule has 0 saturated carbocycles. The van der Waals surface area contributed by atoms with Gasteiger partial charge in [0.05, 0.1) is 13.1 Å². The van der Waals surface area contributed by atoms with E-state index in [4.69, 9.17) is 4.42 Å². The van der Waals surface area contributed by atoms with Gasteiger partial charge in [-0.25, -0.2) is 4.79 Å². The summed E-state index contributed by atoms with van der Waals surface area (Å²) in [6.07, 6.45) is 5.08. The molecule has 1 aliphatic heterocycles. The molecular weight excluding hydrogens is 278 g/mol. The minimum absolute atomic E-state index is 0.0352. The van der Waals surface area contributed by atoms with E-state index in [0.29, 0.717) is 16.5 Å². The maximum absolute atomic E-state index is 12.9. The van der Waals surface area contributed by atoms with Crippen molar-refractivity contribution in [3.05, 3.63) is 39.2 Å². The molecule has 2 aromatic rings. The summed E-state index contributed by atoms with van der Waals surface area (Å²) in [6, 6.07) is 3.25. The summed E-state index contributed by atoms with van der Waals surface area (Å²) < 4.78 is 5.21. The standard InChI is InChI=1S/C18H23NO3/c1-12-9-15-17(13(2)10-16(20)22-15)18(21)14(12)11-19-7-5-3-4-6-8-19/h9-10,21H,3-8,11H2,1-2H3. The Hall–Kier alpha value is -1.81. The van der Waals surface area contributed by atoms with E-state index in [1.807, 2.05) is 13.0 Å². The largest absolute Gasteiger partial charge is 0.872 e. The number of benzene rings is 1. The van der Waals surface area contributed by atoms with Gasteiger partial charge in [0.2, 0.25) is 0 Å². The van der Waals surface area contributed by atoms with Gasteiger partial charge in [-0.3, -0.25) is 0 Å². The fraction of sp³-hybridized carbons (Fsp3) is 0.500. The normalized spacial score (nSPS) is 16.8. The zero-order valence-electron chi connectivity index (χ0n) is 13.3. The average Bonchev–Trinajstić information content (AvgIpc) is 2.70. The van der Waals surface area contributed by atoms with Crippen molar-refractivity contribution in [1.29, 1.82) is 0 Å². The number of aryl methyl sites for hydroxylation is 2. The van der Waals surface area contributed by atoms with Crippen LogP contribution in [0, 0.1) is 13.8 Å². The Morgan fingerprint density at radius 3 is 2.45 bits per heavy atom. The van der Waals surface area contributed by atoms with Gasteiger partial charge in [-0.05, 0) is 56.7 Å². The second kappa shape index (κ2) is 6.13. The van der Waals surface area contributed by atoms with E-state index in [-0.39, 0.29) is 5.75 Å². The average molecular weight is 301 g/mol. The van der Waals surface area contributed by atoms with Crippen LogP contribution in [0.1, 0.15) is 42.4 Å². The monoisotopic (exact) mass is 301 g/mol. The Labute approximate surface area is 130 Å². The first-order valence-corrected chi connectivity index (χ1v) is 8.14. The third-order valence-corrected chi connectivity index (χ3v) is 4.75. The van der Waals surface area contributed by atoms with Crippen molar-refractivity contribution in [2.75, 3.05) is 13.1 Å². The summed E-state index contributed by atoms with van der Waals surface area (Å²) in [4.78, 5) is 13.0. The Balaban J connectivity index is 2.04. The topological polar surface area (TPSA) is 57.7 Å². The van der Waals surface area contributed by atoms with Crippen LogP contribution in [0.4, 0.5) is 0 Å². The molecule has 1 aromatic carbocycles. The summed E-state index contributed by atoms with van der Waals surface area (Å²) in [5, 5.41) is 13.4. The van der Waals surface area contributed by atoms with Gasteiger partial charge in [-0.1, -0.05) is 5.75 Å². The van der Waals surface area contributed by atoms with Crippen LogP contribution in [-0.2, 0) is 6.54 Å². The van der Waals surface area contributed by atoms with Crippen LogP contribution >= 0.6 is 0 Å². The Bertz CT molecular complexity index is 740. The second-order valence-corrected chi connectivity index (χ2v) is 6.46. The van der Waals surface area contributed by atoms with Crippen molar-refractivity contribution in [3.63, 3.8) is 0 Å². The van der Waals surface area contributed by atoms with Gasteiger partial charge in [-0.15, -0.1) is 0 Å². The number of nitrogens with one attached hydrogen (secondary N) is 1. The first-order valence-electron chi connectivity index (χ1n) is 8.14. The number of hydrogen-bond donors (Lipinski definition) is 1. The number of likely N-dealkylation sites (tertiary alicyclic amines) is 1. The van der Waals surface area contributed by atoms with Crippen molar-refractivity contribution in [2.24, 2.45) is 0 Å². The zero-order valence-corrected chi connectivity index (χ0v) is 13.3. The zero-order chi connectivity index (χ0) is 15.7. The summed E-state index contributed by atoms with van der Waals surface area (Å²) in [5.41, 5.74) is 2.55. The lowest BCUT2D eigenvalue weighted by atomic mass is 10.0. The molecule has 1 saturated heterocycles. The minimum atomic E-state index is -0.394. The van der Waals surface area contributed by atoms with Gasteiger partial charge in [0.15, 0.2) is 0 Å². The van der Waals surface area contributed by atoms with Gasteiger partial charge >= 0.3 is 5.63 Å². The molecular formula is C18H23NO3. The third kappa shape index (κ3) is 2.88. The number of rotatable bonds is 2. The minimum Gasteiger partial charge on any atom is -0.872 e. The predicted molar refractivity (Wildman–Crippen MR) is 84.3 cm³/mol. The first kappa shape index (κ1) is 15.1. The molecule has 22 heavy (non-hydrogen) atoms. The van der Waals surface area contributed by atoms with E-state index < -0.39 is 5.63 Å². The lowest BCUT2D eigenvalue weighted by Crippen LogP contribution is -3.10. The molecule has 0 aliphatic carbocycles. The molecule has 0 bridgehead atoms. The lowest BCUT2D eigenvalue weighted by Gasteiger charge is -2.24. The quantitative estimate of drug-likeness (QED) is 0.854. The van der Waals surface area contributed by atoms with Crippen molar-refractivity contribution < 1.29 is 14.4 Å². The van der Waals surface area contributed by atoms with E-state index in [2.05, 4.69) is 0 Å². The number of fused-ring (bicyclic) bond motifs is 1.